The normalized spacial score (nSPS) is 10.5. The molecule has 30 heavy (non-hydrogen) atoms. The molecule has 0 saturated carbocycles. The predicted octanol–water partition coefficient (Wildman–Crippen LogP) is 6.25. The van der Waals surface area contributed by atoms with E-state index in [0.717, 1.165) is 31.4 Å². The van der Waals surface area contributed by atoms with E-state index in [1.54, 1.807) is 48.5 Å². The van der Waals surface area contributed by atoms with E-state index in [4.69, 9.17) is 9.47 Å². The largest absolute Gasteiger partial charge is 0.494 e. The van der Waals surface area contributed by atoms with Crippen LogP contribution in [-0.4, -0.2) is 25.1 Å². The molecule has 0 fully saturated rings. The number of unbranched alkanes of at least 4 members (excludes halogenated alkanes) is 5. The van der Waals surface area contributed by atoms with Crippen molar-refractivity contribution in [3.8, 4) is 5.75 Å². The summed E-state index contributed by atoms with van der Waals surface area (Å²) in [6, 6.07) is 13.8. The number of benzene rings is 2. The van der Waals surface area contributed by atoms with Gasteiger partial charge in [0.15, 0.2) is 0 Å². The Morgan fingerprint density at radius 2 is 1.37 bits per heavy atom. The maximum atomic E-state index is 12.4. The van der Waals surface area contributed by atoms with Crippen molar-refractivity contribution in [1.29, 1.82) is 0 Å². The Labute approximate surface area is 179 Å². The fourth-order valence-corrected chi connectivity index (χ4v) is 2.88. The minimum absolute atomic E-state index is 0.211. The zero-order valence-corrected chi connectivity index (χ0v) is 18.1. The number of esters is 1. The lowest BCUT2D eigenvalue weighted by Gasteiger charge is -2.09. The Kier molecular flexibility index (Phi) is 10.5. The molecule has 0 aromatic heterocycles. The van der Waals surface area contributed by atoms with Crippen LogP contribution in [0.5, 0.6) is 5.75 Å². The number of amides is 1. The molecule has 2 rings (SSSR count). The van der Waals surface area contributed by atoms with Crippen LogP contribution in [0, 0.1) is 0 Å². The SMILES string of the molecule is CCCCCCCOC(=O)c1ccc(NC(=O)c2ccc(OCCCC)cc2)cc1. The van der Waals surface area contributed by atoms with E-state index < -0.39 is 0 Å². The van der Waals surface area contributed by atoms with Gasteiger partial charge in [-0.1, -0.05) is 46.0 Å². The van der Waals surface area contributed by atoms with E-state index in [0.29, 0.717) is 30.0 Å². The fourth-order valence-electron chi connectivity index (χ4n) is 2.88. The zero-order chi connectivity index (χ0) is 21.6. The summed E-state index contributed by atoms with van der Waals surface area (Å²) in [7, 11) is 0. The lowest BCUT2D eigenvalue weighted by atomic mass is 10.1. The van der Waals surface area contributed by atoms with Crippen LogP contribution in [0.15, 0.2) is 48.5 Å². The Bertz CT molecular complexity index is 769. The molecule has 5 nitrogen and oxygen atoms in total. The van der Waals surface area contributed by atoms with Crippen LogP contribution < -0.4 is 10.1 Å². The summed E-state index contributed by atoms with van der Waals surface area (Å²) in [4.78, 5) is 24.5. The minimum atomic E-state index is -0.331. The molecule has 0 aliphatic carbocycles. The van der Waals surface area contributed by atoms with Crippen LogP contribution >= 0.6 is 0 Å². The summed E-state index contributed by atoms with van der Waals surface area (Å²) in [5.41, 5.74) is 1.65. The van der Waals surface area contributed by atoms with E-state index in [9.17, 15) is 9.59 Å². The molecule has 0 aliphatic rings. The quantitative estimate of drug-likeness (QED) is 0.313. The van der Waals surface area contributed by atoms with Gasteiger partial charge < -0.3 is 14.8 Å². The van der Waals surface area contributed by atoms with E-state index in [-0.39, 0.29) is 11.9 Å². The number of anilines is 1. The smallest absolute Gasteiger partial charge is 0.338 e. The second-order valence-electron chi connectivity index (χ2n) is 7.31. The van der Waals surface area contributed by atoms with Crippen molar-refractivity contribution in [2.24, 2.45) is 0 Å². The molecule has 0 spiro atoms. The van der Waals surface area contributed by atoms with Gasteiger partial charge in [0, 0.05) is 11.3 Å². The zero-order valence-electron chi connectivity index (χ0n) is 18.1. The molecule has 0 bridgehead atoms. The van der Waals surface area contributed by atoms with Gasteiger partial charge in [-0.05, 0) is 61.4 Å². The van der Waals surface area contributed by atoms with Crippen molar-refractivity contribution in [2.75, 3.05) is 18.5 Å². The van der Waals surface area contributed by atoms with Crippen molar-refractivity contribution in [3.63, 3.8) is 0 Å². The molecular weight excluding hydrogens is 378 g/mol. The molecule has 2 aromatic carbocycles. The molecule has 1 N–H and O–H groups in total. The van der Waals surface area contributed by atoms with Crippen molar-refractivity contribution < 1.29 is 19.1 Å². The minimum Gasteiger partial charge on any atom is -0.494 e. The summed E-state index contributed by atoms with van der Waals surface area (Å²) < 4.78 is 10.9. The first-order valence-corrected chi connectivity index (χ1v) is 11.0. The van der Waals surface area contributed by atoms with Gasteiger partial charge in [-0.3, -0.25) is 4.79 Å². The van der Waals surface area contributed by atoms with Crippen LogP contribution in [0.2, 0.25) is 0 Å². The summed E-state index contributed by atoms with van der Waals surface area (Å²) in [5.74, 6) is 0.216. The predicted molar refractivity (Wildman–Crippen MR) is 120 cm³/mol. The maximum Gasteiger partial charge on any atom is 0.338 e. The van der Waals surface area contributed by atoms with Crippen LogP contribution in [0.1, 0.15) is 79.5 Å². The Hall–Kier alpha value is -2.82. The summed E-state index contributed by atoms with van der Waals surface area (Å²) in [6.45, 7) is 5.41. The molecule has 0 aliphatic heterocycles. The topological polar surface area (TPSA) is 64.6 Å². The maximum absolute atomic E-state index is 12.4. The Balaban J connectivity index is 1.79. The van der Waals surface area contributed by atoms with Gasteiger partial charge >= 0.3 is 5.97 Å². The number of hydrogen-bond acceptors (Lipinski definition) is 4. The van der Waals surface area contributed by atoms with Gasteiger partial charge in [-0.25, -0.2) is 4.79 Å². The molecule has 0 radical (unpaired) electrons. The fraction of sp³-hybridized carbons (Fsp3) is 0.440. The molecular formula is C25H33NO4. The molecule has 0 unspecified atom stereocenters. The van der Waals surface area contributed by atoms with Crippen molar-refractivity contribution in [1.82, 2.24) is 0 Å². The number of rotatable bonds is 13. The first-order valence-electron chi connectivity index (χ1n) is 11.0. The number of nitrogens with one attached hydrogen (secondary N) is 1. The Morgan fingerprint density at radius 1 is 0.733 bits per heavy atom. The highest BCUT2D eigenvalue weighted by Gasteiger charge is 2.09. The third kappa shape index (κ3) is 8.27. The Morgan fingerprint density at radius 3 is 2.03 bits per heavy atom. The van der Waals surface area contributed by atoms with Crippen molar-refractivity contribution >= 4 is 17.6 Å². The highest BCUT2D eigenvalue weighted by molar-refractivity contribution is 6.04. The highest BCUT2D eigenvalue weighted by atomic mass is 16.5. The monoisotopic (exact) mass is 411 g/mol. The number of hydrogen-bond donors (Lipinski definition) is 1. The average molecular weight is 412 g/mol. The lowest BCUT2D eigenvalue weighted by Crippen LogP contribution is -2.12. The molecule has 1 amide bonds. The van der Waals surface area contributed by atoms with Crippen LogP contribution in [0.3, 0.4) is 0 Å². The van der Waals surface area contributed by atoms with Crippen LogP contribution in [0.4, 0.5) is 5.69 Å². The summed E-state index contributed by atoms with van der Waals surface area (Å²) >= 11 is 0. The third-order valence-electron chi connectivity index (χ3n) is 4.74. The number of ether oxygens (including phenoxy) is 2. The van der Waals surface area contributed by atoms with E-state index in [1.165, 1.54) is 19.3 Å². The number of carbonyl (C=O) groups is 2. The lowest BCUT2D eigenvalue weighted by molar-refractivity contribution is 0.0497. The molecule has 2 aromatic rings. The third-order valence-corrected chi connectivity index (χ3v) is 4.74. The van der Waals surface area contributed by atoms with E-state index in [1.807, 2.05) is 0 Å². The van der Waals surface area contributed by atoms with E-state index in [2.05, 4.69) is 19.2 Å². The first-order chi connectivity index (χ1) is 14.6. The first kappa shape index (κ1) is 23.5. The molecule has 0 saturated heterocycles. The van der Waals surface area contributed by atoms with Gasteiger partial charge in [-0.2, -0.15) is 0 Å². The second-order valence-corrected chi connectivity index (χ2v) is 7.31. The molecule has 162 valence electrons. The van der Waals surface area contributed by atoms with Gasteiger partial charge in [0.25, 0.3) is 5.91 Å². The van der Waals surface area contributed by atoms with Gasteiger partial charge in [-0.15, -0.1) is 0 Å². The summed E-state index contributed by atoms with van der Waals surface area (Å²) in [6.07, 6.45) is 7.65. The van der Waals surface area contributed by atoms with Crippen molar-refractivity contribution in [3.05, 3.63) is 59.7 Å². The molecule has 0 atom stereocenters. The molecule has 0 heterocycles. The summed E-state index contributed by atoms with van der Waals surface area (Å²) in [5, 5.41) is 2.84. The van der Waals surface area contributed by atoms with Crippen LogP contribution in [-0.2, 0) is 4.74 Å². The van der Waals surface area contributed by atoms with Gasteiger partial charge in [0.2, 0.25) is 0 Å². The van der Waals surface area contributed by atoms with Crippen molar-refractivity contribution in [2.45, 2.75) is 58.8 Å². The standard InChI is InChI=1S/C25H33NO4/c1-3-5-7-8-9-19-30-25(28)21-10-14-22(15-11-21)26-24(27)20-12-16-23(17-13-20)29-18-6-4-2/h10-17H,3-9,18-19H2,1-2H3,(H,26,27). The van der Waals surface area contributed by atoms with E-state index >= 15 is 0 Å². The van der Waals surface area contributed by atoms with Gasteiger partial charge in [0.05, 0.1) is 18.8 Å². The second kappa shape index (κ2) is 13.4. The molecule has 5 heteroatoms. The number of carbonyl (C=O) groups excluding carboxylic acids is 2. The highest BCUT2D eigenvalue weighted by Crippen LogP contribution is 2.16. The van der Waals surface area contributed by atoms with Crippen LogP contribution in [0.25, 0.3) is 0 Å². The average Bonchev–Trinajstić information content (AvgIpc) is 2.77. The van der Waals surface area contributed by atoms with Gasteiger partial charge in [0.1, 0.15) is 5.75 Å².